The van der Waals surface area contributed by atoms with E-state index < -0.39 is 0 Å². The normalized spacial score (nSPS) is 19.2. The maximum atomic E-state index is 13.3. The number of hydrogen-bond donors (Lipinski definition) is 1. The van der Waals surface area contributed by atoms with Crippen LogP contribution in [0.25, 0.3) is 0 Å². The van der Waals surface area contributed by atoms with Gasteiger partial charge >= 0.3 is 0 Å². The fraction of sp³-hybridized carbons (Fsp3) is 0.333. The van der Waals surface area contributed by atoms with Crippen molar-refractivity contribution in [3.05, 3.63) is 65.0 Å². The maximum absolute atomic E-state index is 13.3. The molecule has 0 saturated carbocycles. The minimum absolute atomic E-state index is 0.147. The molecule has 0 aromatic heterocycles. The number of benzene rings is 2. The SMILES string of the molecule is Cc1ccc(C#Cc2cccc(F)c2)cc1N=C1CC2(CCNCC2)CN1C=O. The van der Waals surface area contributed by atoms with Crippen molar-refractivity contribution >= 4 is 17.9 Å². The minimum atomic E-state index is -0.296. The highest BCUT2D eigenvalue weighted by Gasteiger charge is 2.42. The number of nitrogens with zero attached hydrogens (tertiary/aromatic N) is 2. The second-order valence-electron chi connectivity index (χ2n) is 7.95. The Labute approximate surface area is 170 Å². The molecule has 0 bridgehead atoms. The summed E-state index contributed by atoms with van der Waals surface area (Å²) < 4.78 is 13.3. The van der Waals surface area contributed by atoms with Crippen LogP contribution in [0.4, 0.5) is 10.1 Å². The zero-order chi connectivity index (χ0) is 20.3. The van der Waals surface area contributed by atoms with Crippen molar-refractivity contribution in [1.29, 1.82) is 0 Å². The van der Waals surface area contributed by atoms with Crippen LogP contribution in [0.1, 0.15) is 36.0 Å². The van der Waals surface area contributed by atoms with E-state index >= 15 is 0 Å². The van der Waals surface area contributed by atoms with Gasteiger partial charge in [-0.1, -0.05) is 24.0 Å². The summed E-state index contributed by atoms with van der Waals surface area (Å²) in [4.78, 5) is 18.3. The number of aryl methyl sites for hydroxylation is 1. The lowest BCUT2D eigenvalue weighted by Crippen LogP contribution is -2.38. The molecule has 2 saturated heterocycles. The summed E-state index contributed by atoms with van der Waals surface area (Å²) in [6, 6.07) is 12.1. The van der Waals surface area contributed by atoms with Gasteiger partial charge in [0.15, 0.2) is 0 Å². The summed E-state index contributed by atoms with van der Waals surface area (Å²) >= 11 is 0. The summed E-state index contributed by atoms with van der Waals surface area (Å²) in [5, 5.41) is 3.40. The first-order valence-corrected chi connectivity index (χ1v) is 9.95. The van der Waals surface area contributed by atoms with E-state index in [4.69, 9.17) is 4.99 Å². The fourth-order valence-corrected chi connectivity index (χ4v) is 4.10. The number of rotatable bonds is 2. The number of halogens is 1. The average molecular weight is 389 g/mol. The third kappa shape index (κ3) is 4.38. The Kier molecular flexibility index (Phi) is 5.46. The quantitative estimate of drug-likeness (QED) is 0.627. The van der Waals surface area contributed by atoms with Gasteiger partial charge in [0.1, 0.15) is 11.7 Å². The Bertz CT molecular complexity index is 1010. The first kappa shape index (κ1) is 19.4. The monoisotopic (exact) mass is 389 g/mol. The van der Waals surface area contributed by atoms with Crippen LogP contribution in [0, 0.1) is 30.0 Å². The fourth-order valence-electron chi connectivity index (χ4n) is 4.10. The number of carbonyl (C=O) groups excluding carboxylic acids is 1. The predicted molar refractivity (Wildman–Crippen MR) is 113 cm³/mol. The Morgan fingerprint density at radius 1 is 1.14 bits per heavy atom. The van der Waals surface area contributed by atoms with Crippen molar-refractivity contribution in [3.8, 4) is 11.8 Å². The summed E-state index contributed by atoms with van der Waals surface area (Å²) in [5.41, 5.74) is 3.45. The molecule has 2 aromatic rings. The Hall–Kier alpha value is -2.97. The van der Waals surface area contributed by atoms with Crippen molar-refractivity contribution in [1.82, 2.24) is 10.2 Å². The molecule has 4 rings (SSSR count). The van der Waals surface area contributed by atoms with Crippen LogP contribution in [-0.2, 0) is 4.79 Å². The summed E-state index contributed by atoms with van der Waals surface area (Å²) in [5.74, 6) is 6.62. The highest BCUT2D eigenvalue weighted by Crippen LogP contribution is 2.40. The molecule has 0 atom stereocenters. The molecule has 4 nitrogen and oxygen atoms in total. The van der Waals surface area contributed by atoms with Gasteiger partial charge in [0, 0.05) is 24.1 Å². The molecule has 5 heteroatoms. The Balaban J connectivity index is 1.61. The molecule has 2 fully saturated rings. The molecular weight excluding hydrogens is 365 g/mol. The lowest BCUT2D eigenvalue weighted by atomic mass is 9.78. The van der Waals surface area contributed by atoms with Crippen molar-refractivity contribution in [2.75, 3.05) is 19.6 Å². The van der Waals surface area contributed by atoms with Crippen LogP contribution < -0.4 is 5.32 Å². The minimum Gasteiger partial charge on any atom is -0.317 e. The summed E-state index contributed by atoms with van der Waals surface area (Å²) in [6.45, 7) is 4.73. The van der Waals surface area contributed by atoms with E-state index in [0.29, 0.717) is 5.56 Å². The lowest BCUT2D eigenvalue weighted by Gasteiger charge is -2.32. The van der Waals surface area contributed by atoms with Gasteiger partial charge in [0.25, 0.3) is 0 Å². The number of carbonyl (C=O) groups is 1. The number of likely N-dealkylation sites (tertiary alicyclic amines) is 1. The van der Waals surface area contributed by atoms with Crippen molar-refractivity contribution in [2.45, 2.75) is 26.2 Å². The van der Waals surface area contributed by atoms with Gasteiger partial charge < -0.3 is 10.2 Å². The van der Waals surface area contributed by atoms with Gasteiger partial charge in [-0.15, -0.1) is 0 Å². The molecule has 2 aliphatic rings. The van der Waals surface area contributed by atoms with E-state index in [2.05, 4.69) is 17.2 Å². The number of hydrogen-bond acceptors (Lipinski definition) is 3. The van der Waals surface area contributed by atoms with Crippen LogP contribution in [0.15, 0.2) is 47.5 Å². The molecule has 1 N–H and O–H groups in total. The molecule has 0 radical (unpaired) electrons. The summed E-state index contributed by atoms with van der Waals surface area (Å²) in [7, 11) is 0. The molecule has 29 heavy (non-hydrogen) atoms. The van der Waals surface area contributed by atoms with Crippen LogP contribution in [-0.4, -0.2) is 36.8 Å². The van der Waals surface area contributed by atoms with Gasteiger partial charge in [-0.25, -0.2) is 9.38 Å². The molecule has 2 aromatic carbocycles. The predicted octanol–water partition coefficient (Wildman–Crippen LogP) is 3.80. The maximum Gasteiger partial charge on any atom is 0.215 e. The van der Waals surface area contributed by atoms with Gasteiger partial charge in [-0.2, -0.15) is 0 Å². The van der Waals surface area contributed by atoms with Gasteiger partial charge in [0.2, 0.25) is 6.41 Å². The van der Waals surface area contributed by atoms with E-state index in [0.717, 1.165) is 68.0 Å². The molecule has 148 valence electrons. The molecule has 0 aliphatic carbocycles. The number of nitrogens with one attached hydrogen (secondary N) is 1. The third-order valence-corrected chi connectivity index (χ3v) is 5.80. The Morgan fingerprint density at radius 3 is 2.62 bits per heavy atom. The van der Waals surface area contributed by atoms with Gasteiger partial charge in [-0.05, 0) is 74.2 Å². The van der Waals surface area contributed by atoms with E-state index in [9.17, 15) is 9.18 Å². The van der Waals surface area contributed by atoms with E-state index in [1.165, 1.54) is 12.1 Å². The molecular formula is C24H24FN3O. The van der Waals surface area contributed by atoms with Crippen LogP contribution >= 0.6 is 0 Å². The van der Waals surface area contributed by atoms with Crippen molar-refractivity contribution in [3.63, 3.8) is 0 Å². The second-order valence-corrected chi connectivity index (χ2v) is 7.95. The van der Waals surface area contributed by atoms with Crippen molar-refractivity contribution in [2.24, 2.45) is 10.4 Å². The van der Waals surface area contributed by atoms with Gasteiger partial charge in [0.05, 0.1) is 5.69 Å². The average Bonchev–Trinajstić information content (AvgIpc) is 3.05. The highest BCUT2D eigenvalue weighted by atomic mass is 19.1. The first-order valence-electron chi connectivity index (χ1n) is 9.95. The lowest BCUT2D eigenvalue weighted by molar-refractivity contribution is -0.115. The van der Waals surface area contributed by atoms with Crippen LogP contribution in [0.3, 0.4) is 0 Å². The zero-order valence-electron chi connectivity index (χ0n) is 16.5. The molecule has 1 spiro atoms. The largest absolute Gasteiger partial charge is 0.317 e. The molecule has 2 heterocycles. The van der Waals surface area contributed by atoms with E-state index in [1.54, 1.807) is 17.0 Å². The van der Waals surface area contributed by atoms with Gasteiger partial charge in [-0.3, -0.25) is 4.79 Å². The molecule has 0 unspecified atom stereocenters. The molecule has 2 aliphatic heterocycles. The van der Waals surface area contributed by atoms with E-state index in [1.807, 2.05) is 25.1 Å². The topological polar surface area (TPSA) is 44.7 Å². The number of piperidine rings is 1. The van der Waals surface area contributed by atoms with E-state index in [-0.39, 0.29) is 11.2 Å². The number of aliphatic imine (C=N–C) groups is 1. The zero-order valence-corrected chi connectivity index (χ0v) is 16.5. The summed E-state index contributed by atoms with van der Waals surface area (Å²) in [6.07, 6.45) is 3.85. The smallest absolute Gasteiger partial charge is 0.215 e. The number of amides is 1. The third-order valence-electron chi connectivity index (χ3n) is 5.80. The van der Waals surface area contributed by atoms with Crippen molar-refractivity contribution < 1.29 is 9.18 Å². The number of amidine groups is 1. The van der Waals surface area contributed by atoms with Crippen LogP contribution in [0.2, 0.25) is 0 Å². The highest BCUT2D eigenvalue weighted by molar-refractivity contribution is 5.95. The standard InChI is InChI=1S/C24H24FN3O/c1-18-5-6-20(8-7-19-3-2-4-21(25)13-19)14-22(18)27-23-15-24(16-28(23)17-29)9-11-26-12-10-24/h2-6,13-14,17,26H,9-12,15-16H2,1H3. The first-order chi connectivity index (χ1) is 14.1. The second kappa shape index (κ2) is 8.18. The van der Waals surface area contributed by atoms with Crippen LogP contribution in [0.5, 0.6) is 0 Å². The Morgan fingerprint density at radius 2 is 1.90 bits per heavy atom. The molecule has 1 amide bonds.